The van der Waals surface area contributed by atoms with E-state index in [0.717, 1.165) is 6.42 Å². The van der Waals surface area contributed by atoms with E-state index in [2.05, 4.69) is 74.2 Å². The van der Waals surface area contributed by atoms with E-state index in [0.29, 0.717) is 5.92 Å². The van der Waals surface area contributed by atoms with Crippen LogP contribution < -0.4 is 0 Å². The highest BCUT2D eigenvalue weighted by Crippen LogP contribution is 2.29. The summed E-state index contributed by atoms with van der Waals surface area (Å²) < 4.78 is 0. The lowest BCUT2D eigenvalue weighted by Crippen LogP contribution is -2.01. The topological polar surface area (TPSA) is 0 Å². The molecule has 0 heterocycles. The first kappa shape index (κ1) is 14.2. The van der Waals surface area contributed by atoms with Gasteiger partial charge < -0.3 is 0 Å². The minimum absolute atomic E-state index is 0. The van der Waals surface area contributed by atoms with Crippen molar-refractivity contribution >= 4 is 0 Å². The van der Waals surface area contributed by atoms with Gasteiger partial charge in [0, 0.05) is 5.92 Å². The standard InChI is InChI=1S/C17H18.CH4/c1-14(2)13-17(15-9-5-3-6-10-15)16-11-7-4-8-12-16;/h3-12,17H,1,13H2,2H3;1H4. The third kappa shape index (κ3) is 3.59. The first-order chi connectivity index (χ1) is 8.27. The molecule has 94 valence electrons. The largest absolute Gasteiger partial charge is 0.100 e. The molecule has 2 aromatic carbocycles. The molecular formula is C18H22. The molecule has 0 unspecified atom stereocenters. The number of hydrogen-bond donors (Lipinski definition) is 0. The van der Waals surface area contributed by atoms with Gasteiger partial charge in [0.1, 0.15) is 0 Å². The van der Waals surface area contributed by atoms with Gasteiger partial charge in [-0.2, -0.15) is 0 Å². The molecule has 0 heteroatoms. The van der Waals surface area contributed by atoms with Crippen LogP contribution in [-0.2, 0) is 0 Å². The van der Waals surface area contributed by atoms with Gasteiger partial charge in [0.25, 0.3) is 0 Å². The summed E-state index contributed by atoms with van der Waals surface area (Å²) in [6.45, 7) is 6.14. The monoisotopic (exact) mass is 238 g/mol. The van der Waals surface area contributed by atoms with E-state index in [-0.39, 0.29) is 7.43 Å². The predicted octanol–water partition coefficient (Wildman–Crippen LogP) is 5.42. The summed E-state index contributed by atoms with van der Waals surface area (Å²) in [7, 11) is 0. The third-order valence-electron chi connectivity index (χ3n) is 2.96. The maximum Gasteiger partial charge on any atom is 0.0126 e. The molecule has 0 fully saturated rings. The lowest BCUT2D eigenvalue weighted by Gasteiger charge is -2.18. The van der Waals surface area contributed by atoms with Crippen molar-refractivity contribution in [1.29, 1.82) is 0 Å². The second kappa shape index (κ2) is 6.80. The Hall–Kier alpha value is -1.82. The van der Waals surface area contributed by atoms with Crippen LogP contribution in [0.15, 0.2) is 72.8 Å². The summed E-state index contributed by atoms with van der Waals surface area (Å²) in [6.07, 6.45) is 1.01. The molecule has 0 aliphatic heterocycles. The number of rotatable bonds is 4. The van der Waals surface area contributed by atoms with Crippen LogP contribution in [0.2, 0.25) is 0 Å². The Kier molecular flexibility index (Phi) is 5.38. The number of hydrogen-bond acceptors (Lipinski definition) is 0. The summed E-state index contributed by atoms with van der Waals surface area (Å²) in [5.41, 5.74) is 3.95. The average molecular weight is 238 g/mol. The summed E-state index contributed by atoms with van der Waals surface area (Å²) in [6, 6.07) is 21.3. The second-order valence-corrected chi connectivity index (χ2v) is 4.54. The summed E-state index contributed by atoms with van der Waals surface area (Å²) in [5.74, 6) is 0.426. The summed E-state index contributed by atoms with van der Waals surface area (Å²) in [5, 5.41) is 0. The van der Waals surface area contributed by atoms with Crippen molar-refractivity contribution in [3.8, 4) is 0 Å². The molecule has 0 atom stereocenters. The molecule has 0 aromatic heterocycles. The first-order valence-electron chi connectivity index (χ1n) is 6.01. The van der Waals surface area contributed by atoms with Crippen molar-refractivity contribution < 1.29 is 0 Å². The van der Waals surface area contributed by atoms with Crippen molar-refractivity contribution in [2.45, 2.75) is 26.7 Å². The number of benzene rings is 2. The van der Waals surface area contributed by atoms with E-state index in [1.165, 1.54) is 16.7 Å². The number of allylic oxidation sites excluding steroid dienone is 1. The molecule has 18 heavy (non-hydrogen) atoms. The Bertz CT molecular complexity index is 428. The third-order valence-corrected chi connectivity index (χ3v) is 2.96. The highest BCUT2D eigenvalue weighted by Gasteiger charge is 2.13. The fraction of sp³-hybridized carbons (Fsp3) is 0.222. The van der Waals surface area contributed by atoms with Gasteiger partial charge >= 0.3 is 0 Å². The van der Waals surface area contributed by atoms with Gasteiger partial charge in [-0.05, 0) is 24.5 Å². The highest BCUT2D eigenvalue weighted by molar-refractivity contribution is 5.33. The van der Waals surface area contributed by atoms with Crippen molar-refractivity contribution in [2.24, 2.45) is 0 Å². The normalized spacial score (nSPS) is 9.89. The van der Waals surface area contributed by atoms with Crippen LogP contribution >= 0.6 is 0 Å². The molecule has 0 amide bonds. The highest BCUT2D eigenvalue weighted by atomic mass is 14.2. The van der Waals surface area contributed by atoms with Gasteiger partial charge in [-0.15, -0.1) is 6.58 Å². The van der Waals surface area contributed by atoms with Crippen molar-refractivity contribution in [2.75, 3.05) is 0 Å². The molecule has 0 spiro atoms. The fourth-order valence-electron chi connectivity index (χ4n) is 2.15. The van der Waals surface area contributed by atoms with E-state index in [4.69, 9.17) is 0 Å². The lowest BCUT2D eigenvalue weighted by molar-refractivity contribution is 0.798. The zero-order valence-corrected chi connectivity index (χ0v) is 10.3. The Morgan fingerprint density at radius 3 is 1.61 bits per heavy atom. The SMILES string of the molecule is C.C=C(C)CC(c1ccccc1)c1ccccc1. The molecule has 0 aliphatic carbocycles. The van der Waals surface area contributed by atoms with Crippen LogP contribution in [0.5, 0.6) is 0 Å². The molecule has 0 N–H and O–H groups in total. The van der Waals surface area contributed by atoms with Crippen LogP contribution in [0, 0.1) is 0 Å². The minimum atomic E-state index is 0. The molecule has 0 saturated heterocycles. The maximum atomic E-state index is 4.05. The Morgan fingerprint density at radius 1 is 0.889 bits per heavy atom. The van der Waals surface area contributed by atoms with E-state index in [9.17, 15) is 0 Å². The molecule has 0 bridgehead atoms. The van der Waals surface area contributed by atoms with Gasteiger partial charge in [-0.25, -0.2) is 0 Å². The van der Waals surface area contributed by atoms with E-state index < -0.39 is 0 Å². The van der Waals surface area contributed by atoms with Gasteiger partial charge in [-0.3, -0.25) is 0 Å². The Morgan fingerprint density at radius 2 is 1.28 bits per heavy atom. The van der Waals surface area contributed by atoms with Crippen molar-refractivity contribution in [1.82, 2.24) is 0 Å². The molecule has 0 radical (unpaired) electrons. The lowest BCUT2D eigenvalue weighted by atomic mass is 9.86. The van der Waals surface area contributed by atoms with Crippen LogP contribution in [0.3, 0.4) is 0 Å². The van der Waals surface area contributed by atoms with Crippen molar-refractivity contribution in [3.63, 3.8) is 0 Å². The van der Waals surface area contributed by atoms with Gasteiger partial charge in [-0.1, -0.05) is 73.7 Å². The molecule has 2 aromatic rings. The van der Waals surface area contributed by atoms with Gasteiger partial charge in [0.2, 0.25) is 0 Å². The summed E-state index contributed by atoms with van der Waals surface area (Å²) >= 11 is 0. The zero-order valence-electron chi connectivity index (χ0n) is 10.3. The quantitative estimate of drug-likeness (QED) is 0.624. The molecular weight excluding hydrogens is 216 g/mol. The van der Waals surface area contributed by atoms with E-state index in [1.54, 1.807) is 0 Å². The fourth-order valence-corrected chi connectivity index (χ4v) is 2.15. The Labute approximate surface area is 111 Å². The van der Waals surface area contributed by atoms with Crippen molar-refractivity contribution in [3.05, 3.63) is 83.9 Å². The predicted molar refractivity (Wildman–Crippen MR) is 80.9 cm³/mol. The summed E-state index contributed by atoms with van der Waals surface area (Å²) in [4.78, 5) is 0. The van der Waals surface area contributed by atoms with E-state index >= 15 is 0 Å². The maximum absolute atomic E-state index is 4.05. The van der Waals surface area contributed by atoms with Crippen LogP contribution in [0.1, 0.15) is 37.8 Å². The Balaban J connectivity index is 0.00000162. The first-order valence-corrected chi connectivity index (χ1v) is 6.01. The van der Waals surface area contributed by atoms with E-state index in [1.807, 2.05) is 0 Å². The van der Waals surface area contributed by atoms with Gasteiger partial charge in [0.15, 0.2) is 0 Å². The second-order valence-electron chi connectivity index (χ2n) is 4.54. The average Bonchev–Trinajstić information content (AvgIpc) is 2.38. The van der Waals surface area contributed by atoms with Crippen LogP contribution in [0.25, 0.3) is 0 Å². The van der Waals surface area contributed by atoms with Crippen LogP contribution in [0.4, 0.5) is 0 Å². The molecule has 2 rings (SSSR count). The molecule has 0 nitrogen and oxygen atoms in total. The molecule has 0 aliphatic rings. The minimum Gasteiger partial charge on any atom is -0.100 e. The van der Waals surface area contributed by atoms with Crippen LogP contribution in [-0.4, -0.2) is 0 Å². The zero-order chi connectivity index (χ0) is 12.1. The smallest absolute Gasteiger partial charge is 0.0126 e. The van der Waals surface area contributed by atoms with Gasteiger partial charge in [0.05, 0.1) is 0 Å². The molecule has 0 saturated carbocycles.